The Kier molecular flexibility index (Phi) is 4.64. The molecule has 0 aliphatic heterocycles. The molecule has 1 unspecified atom stereocenters. The van der Waals surface area contributed by atoms with E-state index < -0.39 is 10.7 Å². The molecule has 0 spiro atoms. The molecule has 0 saturated carbocycles. The van der Waals surface area contributed by atoms with E-state index in [1.165, 1.54) is 6.20 Å². The van der Waals surface area contributed by atoms with Crippen LogP contribution in [0.5, 0.6) is 0 Å². The highest BCUT2D eigenvalue weighted by Gasteiger charge is 2.20. The van der Waals surface area contributed by atoms with Gasteiger partial charge in [-0.25, -0.2) is 4.39 Å². The molecule has 1 heterocycles. The normalized spacial score (nSPS) is 12.3. The van der Waals surface area contributed by atoms with Crippen LogP contribution in [0, 0.1) is 21.8 Å². The van der Waals surface area contributed by atoms with Crippen LogP contribution in [0.4, 0.5) is 15.8 Å². The lowest BCUT2D eigenvalue weighted by molar-refractivity contribution is -0.383. The van der Waals surface area contributed by atoms with Crippen LogP contribution < -0.4 is 10.6 Å². The summed E-state index contributed by atoms with van der Waals surface area (Å²) in [5.74, 6) is -0.382. The Balaban J connectivity index is 2.42. The Morgan fingerprint density at radius 1 is 1.48 bits per heavy atom. The maximum atomic E-state index is 14.2. The number of non-ortho nitro benzene ring substituents is 1. The number of nitrogens with zero attached hydrogens (tertiary/aromatic N) is 2. The highest BCUT2D eigenvalue weighted by atomic mass is 19.1. The van der Waals surface area contributed by atoms with Crippen molar-refractivity contribution in [3.63, 3.8) is 0 Å². The third kappa shape index (κ3) is 3.25. The monoisotopic (exact) mass is 292 g/mol. The fourth-order valence-electron chi connectivity index (χ4n) is 2.21. The van der Waals surface area contributed by atoms with E-state index in [1.807, 2.05) is 14.0 Å². The van der Waals surface area contributed by atoms with Gasteiger partial charge < -0.3 is 10.6 Å². The summed E-state index contributed by atoms with van der Waals surface area (Å²) in [4.78, 5) is 14.5. The Hall–Kier alpha value is -2.28. The zero-order valence-electron chi connectivity index (χ0n) is 11.9. The number of nitrogens with one attached hydrogen (secondary N) is 2. The van der Waals surface area contributed by atoms with Crippen molar-refractivity contribution in [1.82, 2.24) is 10.3 Å². The summed E-state index contributed by atoms with van der Waals surface area (Å²) in [6, 6.07) is 4.11. The van der Waals surface area contributed by atoms with Crippen molar-refractivity contribution in [2.24, 2.45) is 5.92 Å². The molecule has 1 atom stereocenters. The van der Waals surface area contributed by atoms with E-state index in [4.69, 9.17) is 0 Å². The zero-order valence-corrected chi connectivity index (χ0v) is 11.9. The second kappa shape index (κ2) is 6.45. The van der Waals surface area contributed by atoms with E-state index in [0.717, 1.165) is 12.6 Å². The molecule has 2 aromatic rings. The third-order valence-corrected chi connectivity index (χ3v) is 3.20. The maximum Gasteiger partial charge on any atom is 0.281 e. The SMILES string of the molecule is CNCC(C)CNc1c(F)cc([N+](=O)[O-])c2cccnc12. The van der Waals surface area contributed by atoms with Gasteiger partial charge in [-0.05, 0) is 31.6 Å². The molecule has 21 heavy (non-hydrogen) atoms. The Bertz CT molecular complexity index is 663. The van der Waals surface area contributed by atoms with Crippen LogP contribution in [-0.2, 0) is 0 Å². The topological polar surface area (TPSA) is 80.1 Å². The molecular formula is C14H17FN4O2. The van der Waals surface area contributed by atoms with Gasteiger partial charge in [-0.1, -0.05) is 6.92 Å². The summed E-state index contributed by atoms with van der Waals surface area (Å²) in [7, 11) is 1.85. The van der Waals surface area contributed by atoms with Crippen molar-refractivity contribution >= 4 is 22.3 Å². The predicted octanol–water partition coefficient (Wildman–Crippen LogP) is 2.55. The van der Waals surface area contributed by atoms with Crippen LogP contribution in [0.2, 0.25) is 0 Å². The molecule has 0 saturated heterocycles. The number of fused-ring (bicyclic) bond motifs is 1. The number of pyridine rings is 1. The van der Waals surface area contributed by atoms with E-state index in [2.05, 4.69) is 15.6 Å². The van der Waals surface area contributed by atoms with E-state index in [1.54, 1.807) is 12.1 Å². The number of hydrogen-bond acceptors (Lipinski definition) is 5. The minimum absolute atomic E-state index is 0.208. The van der Waals surface area contributed by atoms with Gasteiger partial charge in [-0.15, -0.1) is 0 Å². The largest absolute Gasteiger partial charge is 0.381 e. The van der Waals surface area contributed by atoms with Gasteiger partial charge in [0.05, 0.1) is 22.1 Å². The summed E-state index contributed by atoms with van der Waals surface area (Å²) in [6.07, 6.45) is 1.49. The first-order valence-corrected chi connectivity index (χ1v) is 6.64. The highest BCUT2D eigenvalue weighted by molar-refractivity contribution is 5.97. The first-order valence-electron chi connectivity index (χ1n) is 6.64. The molecule has 0 aliphatic carbocycles. The van der Waals surface area contributed by atoms with E-state index in [-0.39, 0.29) is 22.8 Å². The predicted molar refractivity (Wildman–Crippen MR) is 79.9 cm³/mol. The van der Waals surface area contributed by atoms with Crippen molar-refractivity contribution in [2.45, 2.75) is 6.92 Å². The number of rotatable bonds is 6. The lowest BCUT2D eigenvalue weighted by Crippen LogP contribution is -2.23. The molecule has 112 valence electrons. The van der Waals surface area contributed by atoms with Gasteiger partial charge in [-0.2, -0.15) is 0 Å². The molecule has 0 amide bonds. The van der Waals surface area contributed by atoms with Gasteiger partial charge in [0.15, 0.2) is 5.82 Å². The van der Waals surface area contributed by atoms with E-state index >= 15 is 0 Å². The third-order valence-electron chi connectivity index (χ3n) is 3.20. The highest BCUT2D eigenvalue weighted by Crippen LogP contribution is 2.32. The van der Waals surface area contributed by atoms with E-state index in [0.29, 0.717) is 11.9 Å². The van der Waals surface area contributed by atoms with E-state index in [9.17, 15) is 14.5 Å². The first-order chi connectivity index (χ1) is 10.0. The fourth-order valence-corrected chi connectivity index (χ4v) is 2.21. The minimum atomic E-state index is -0.662. The smallest absolute Gasteiger partial charge is 0.281 e. The van der Waals surface area contributed by atoms with Gasteiger partial charge in [0.2, 0.25) is 0 Å². The van der Waals surface area contributed by atoms with Gasteiger partial charge in [0.1, 0.15) is 5.52 Å². The summed E-state index contributed by atoms with van der Waals surface area (Å²) in [5.41, 5.74) is 0.212. The molecule has 7 heteroatoms. The number of anilines is 1. The molecule has 0 aliphatic rings. The summed E-state index contributed by atoms with van der Waals surface area (Å²) in [5, 5.41) is 17.4. The summed E-state index contributed by atoms with van der Waals surface area (Å²) >= 11 is 0. The summed E-state index contributed by atoms with van der Waals surface area (Å²) in [6.45, 7) is 3.34. The average molecular weight is 292 g/mol. The van der Waals surface area contributed by atoms with Gasteiger partial charge in [0.25, 0.3) is 5.69 Å². The maximum absolute atomic E-state index is 14.2. The van der Waals surface area contributed by atoms with Gasteiger partial charge in [0, 0.05) is 12.7 Å². The Morgan fingerprint density at radius 3 is 2.90 bits per heavy atom. The molecular weight excluding hydrogens is 275 g/mol. The van der Waals surface area contributed by atoms with Crippen LogP contribution in [0.3, 0.4) is 0 Å². The van der Waals surface area contributed by atoms with Crippen LogP contribution in [0.15, 0.2) is 24.4 Å². The fraction of sp³-hybridized carbons (Fsp3) is 0.357. The lowest BCUT2D eigenvalue weighted by Gasteiger charge is -2.15. The lowest BCUT2D eigenvalue weighted by atomic mass is 10.1. The minimum Gasteiger partial charge on any atom is -0.381 e. The van der Waals surface area contributed by atoms with Crippen LogP contribution >= 0.6 is 0 Å². The quantitative estimate of drug-likeness (QED) is 0.632. The second-order valence-corrected chi connectivity index (χ2v) is 4.95. The van der Waals surface area contributed by atoms with Crippen LogP contribution in [-0.4, -0.2) is 30.0 Å². The second-order valence-electron chi connectivity index (χ2n) is 4.95. The summed E-state index contributed by atoms with van der Waals surface area (Å²) < 4.78 is 14.2. The van der Waals surface area contributed by atoms with Crippen molar-refractivity contribution in [3.05, 3.63) is 40.3 Å². The van der Waals surface area contributed by atoms with Crippen molar-refractivity contribution < 1.29 is 9.31 Å². The number of benzene rings is 1. The number of nitro benzene ring substituents is 1. The standard InChI is InChI=1S/C14H17FN4O2/c1-9(7-16-2)8-18-14-11(15)6-12(19(20)21)10-4-3-5-17-13(10)14/h3-6,9,16,18H,7-8H2,1-2H3. The number of hydrogen-bond donors (Lipinski definition) is 2. The zero-order chi connectivity index (χ0) is 15.4. The molecule has 1 aromatic heterocycles. The molecule has 0 fully saturated rings. The molecule has 0 bridgehead atoms. The van der Waals surface area contributed by atoms with Crippen LogP contribution in [0.1, 0.15) is 6.92 Å². The Morgan fingerprint density at radius 2 is 2.24 bits per heavy atom. The Labute approximate surface area is 121 Å². The van der Waals surface area contributed by atoms with Gasteiger partial charge in [-0.3, -0.25) is 15.1 Å². The van der Waals surface area contributed by atoms with Gasteiger partial charge >= 0.3 is 0 Å². The van der Waals surface area contributed by atoms with Crippen molar-refractivity contribution in [1.29, 1.82) is 0 Å². The number of aromatic nitrogens is 1. The van der Waals surface area contributed by atoms with Crippen molar-refractivity contribution in [3.8, 4) is 0 Å². The first kappa shape index (κ1) is 15.1. The molecule has 2 N–H and O–H groups in total. The molecule has 6 nitrogen and oxygen atoms in total. The average Bonchev–Trinajstić information content (AvgIpc) is 2.45. The number of nitro groups is 1. The van der Waals surface area contributed by atoms with Crippen molar-refractivity contribution in [2.75, 3.05) is 25.5 Å². The molecule has 0 radical (unpaired) electrons. The molecule has 2 rings (SSSR count). The van der Waals surface area contributed by atoms with Crippen LogP contribution in [0.25, 0.3) is 10.9 Å². The molecule has 1 aromatic carbocycles. The number of halogens is 1.